The van der Waals surface area contributed by atoms with Crippen molar-refractivity contribution in [3.05, 3.63) is 69.7 Å². The van der Waals surface area contributed by atoms with E-state index in [9.17, 15) is 4.79 Å². The predicted octanol–water partition coefficient (Wildman–Crippen LogP) is 3.93. The molecule has 2 N–H and O–H groups in total. The van der Waals surface area contributed by atoms with Gasteiger partial charge in [-0.1, -0.05) is 58.4 Å². The summed E-state index contributed by atoms with van der Waals surface area (Å²) in [5.74, 6) is -1.26. The summed E-state index contributed by atoms with van der Waals surface area (Å²) in [6.45, 7) is 3.24. The minimum atomic E-state index is -0.796. The van der Waals surface area contributed by atoms with Gasteiger partial charge in [-0.3, -0.25) is 4.79 Å². The van der Waals surface area contributed by atoms with Crippen molar-refractivity contribution in [2.24, 2.45) is 0 Å². The fraction of sp³-hybridized carbons (Fsp3) is 0.235. The van der Waals surface area contributed by atoms with Crippen molar-refractivity contribution in [1.29, 1.82) is 0 Å². The summed E-state index contributed by atoms with van der Waals surface area (Å²) in [6.07, 6.45) is 0. The van der Waals surface area contributed by atoms with Crippen LogP contribution in [0, 0.1) is 0 Å². The average molecular weight is 348 g/mol. The summed E-state index contributed by atoms with van der Waals surface area (Å²) in [6, 6.07) is 15.8. The normalized spacial score (nSPS) is 12.1. The monoisotopic (exact) mass is 347 g/mol. The fourth-order valence-corrected chi connectivity index (χ4v) is 2.47. The summed E-state index contributed by atoms with van der Waals surface area (Å²) in [5.41, 5.74) is 3.19. The highest BCUT2D eigenvalue weighted by atomic mass is 79.9. The van der Waals surface area contributed by atoms with Crippen LogP contribution in [-0.4, -0.2) is 11.1 Å². The maximum absolute atomic E-state index is 10.9. The minimum Gasteiger partial charge on any atom is -0.481 e. The standard InChI is InChI=1S/C17H18BrNO2/c1-12(17(20)21)14-8-6-13(7-9-14)10-19-11-15-4-2-3-5-16(15)18/h2-9,12,19H,10-11H2,1H3,(H,20,21). The molecular weight excluding hydrogens is 330 g/mol. The van der Waals surface area contributed by atoms with Crippen LogP contribution >= 0.6 is 15.9 Å². The van der Waals surface area contributed by atoms with E-state index in [1.807, 2.05) is 42.5 Å². The first-order chi connectivity index (χ1) is 10.1. The van der Waals surface area contributed by atoms with Crippen molar-refractivity contribution in [2.75, 3.05) is 0 Å². The van der Waals surface area contributed by atoms with Crippen LogP contribution in [0.4, 0.5) is 0 Å². The Labute approximate surface area is 133 Å². The second-order valence-corrected chi connectivity index (χ2v) is 5.85. The molecule has 2 aromatic carbocycles. The Morgan fingerprint density at radius 1 is 1.14 bits per heavy atom. The highest BCUT2D eigenvalue weighted by Crippen LogP contribution is 2.17. The van der Waals surface area contributed by atoms with Gasteiger partial charge in [-0.15, -0.1) is 0 Å². The predicted molar refractivity (Wildman–Crippen MR) is 87.2 cm³/mol. The van der Waals surface area contributed by atoms with E-state index in [4.69, 9.17) is 5.11 Å². The van der Waals surface area contributed by atoms with E-state index in [0.717, 1.165) is 28.7 Å². The zero-order chi connectivity index (χ0) is 15.2. The first kappa shape index (κ1) is 15.7. The molecule has 2 aromatic rings. The molecular formula is C17H18BrNO2. The fourth-order valence-electron chi connectivity index (χ4n) is 2.05. The maximum Gasteiger partial charge on any atom is 0.310 e. The van der Waals surface area contributed by atoms with Crippen LogP contribution in [0.5, 0.6) is 0 Å². The quantitative estimate of drug-likeness (QED) is 0.832. The molecule has 1 atom stereocenters. The van der Waals surface area contributed by atoms with Gasteiger partial charge in [0, 0.05) is 17.6 Å². The van der Waals surface area contributed by atoms with E-state index in [1.165, 1.54) is 5.56 Å². The Morgan fingerprint density at radius 2 is 1.81 bits per heavy atom. The number of halogens is 1. The van der Waals surface area contributed by atoms with Crippen LogP contribution < -0.4 is 5.32 Å². The number of aliphatic carboxylic acids is 1. The van der Waals surface area contributed by atoms with Gasteiger partial charge in [-0.2, -0.15) is 0 Å². The van der Waals surface area contributed by atoms with Crippen LogP contribution in [0.1, 0.15) is 29.5 Å². The SMILES string of the molecule is CC(C(=O)O)c1ccc(CNCc2ccccc2Br)cc1. The minimum absolute atomic E-state index is 0.465. The summed E-state index contributed by atoms with van der Waals surface area (Å²) in [5, 5.41) is 12.4. The molecule has 0 aromatic heterocycles. The molecule has 4 heteroatoms. The van der Waals surface area contributed by atoms with E-state index in [-0.39, 0.29) is 0 Å². The van der Waals surface area contributed by atoms with Crippen LogP contribution in [0.3, 0.4) is 0 Å². The Kier molecular flexibility index (Phi) is 5.53. The molecule has 2 rings (SSSR count). The zero-order valence-electron chi connectivity index (χ0n) is 11.8. The van der Waals surface area contributed by atoms with Crippen LogP contribution in [0.25, 0.3) is 0 Å². The smallest absolute Gasteiger partial charge is 0.310 e. The summed E-state index contributed by atoms with van der Waals surface area (Å²) in [7, 11) is 0. The van der Waals surface area contributed by atoms with E-state index >= 15 is 0 Å². The molecule has 0 spiro atoms. The molecule has 0 saturated carbocycles. The van der Waals surface area contributed by atoms with Crippen molar-refractivity contribution in [1.82, 2.24) is 5.32 Å². The van der Waals surface area contributed by atoms with Crippen molar-refractivity contribution < 1.29 is 9.90 Å². The Morgan fingerprint density at radius 3 is 2.43 bits per heavy atom. The van der Waals surface area contributed by atoms with E-state index in [1.54, 1.807) is 6.92 Å². The molecule has 1 unspecified atom stereocenters. The highest BCUT2D eigenvalue weighted by molar-refractivity contribution is 9.10. The summed E-state index contributed by atoms with van der Waals surface area (Å²) in [4.78, 5) is 10.9. The molecule has 0 bridgehead atoms. The van der Waals surface area contributed by atoms with Crippen molar-refractivity contribution in [2.45, 2.75) is 25.9 Å². The molecule has 0 fully saturated rings. The van der Waals surface area contributed by atoms with Crippen molar-refractivity contribution >= 4 is 21.9 Å². The molecule has 0 aliphatic carbocycles. The van der Waals surface area contributed by atoms with E-state index in [2.05, 4.69) is 27.3 Å². The van der Waals surface area contributed by atoms with Gasteiger partial charge in [-0.05, 0) is 29.7 Å². The zero-order valence-corrected chi connectivity index (χ0v) is 13.4. The average Bonchev–Trinajstić information content (AvgIpc) is 2.49. The van der Waals surface area contributed by atoms with Gasteiger partial charge in [0.1, 0.15) is 0 Å². The molecule has 0 saturated heterocycles. The second kappa shape index (κ2) is 7.38. The number of carboxylic acids is 1. The van der Waals surface area contributed by atoms with Crippen LogP contribution in [-0.2, 0) is 17.9 Å². The van der Waals surface area contributed by atoms with Crippen molar-refractivity contribution in [3.63, 3.8) is 0 Å². The lowest BCUT2D eigenvalue weighted by molar-refractivity contribution is -0.138. The lowest BCUT2D eigenvalue weighted by Gasteiger charge is -2.09. The molecule has 0 heterocycles. The Balaban J connectivity index is 1.90. The summed E-state index contributed by atoms with van der Waals surface area (Å²) < 4.78 is 1.10. The third kappa shape index (κ3) is 4.41. The maximum atomic E-state index is 10.9. The molecule has 0 radical (unpaired) electrons. The molecule has 0 aliphatic rings. The second-order valence-electron chi connectivity index (χ2n) is 5.00. The largest absolute Gasteiger partial charge is 0.481 e. The van der Waals surface area contributed by atoms with Crippen LogP contribution in [0.15, 0.2) is 53.0 Å². The number of hydrogen-bond donors (Lipinski definition) is 2. The first-order valence-corrected chi connectivity index (χ1v) is 7.63. The third-order valence-electron chi connectivity index (χ3n) is 3.45. The lowest BCUT2D eigenvalue weighted by atomic mass is 10.00. The number of carboxylic acid groups (broad SMARTS) is 1. The number of hydrogen-bond acceptors (Lipinski definition) is 2. The van der Waals surface area contributed by atoms with Gasteiger partial charge >= 0.3 is 5.97 Å². The van der Waals surface area contributed by atoms with E-state index < -0.39 is 11.9 Å². The topological polar surface area (TPSA) is 49.3 Å². The van der Waals surface area contributed by atoms with Gasteiger partial charge in [0.2, 0.25) is 0 Å². The number of carbonyl (C=O) groups is 1. The molecule has 110 valence electrons. The molecule has 0 aliphatic heterocycles. The van der Waals surface area contributed by atoms with Gasteiger partial charge in [-0.25, -0.2) is 0 Å². The first-order valence-electron chi connectivity index (χ1n) is 6.83. The molecule has 21 heavy (non-hydrogen) atoms. The van der Waals surface area contributed by atoms with Gasteiger partial charge in [0.05, 0.1) is 5.92 Å². The molecule has 0 amide bonds. The van der Waals surface area contributed by atoms with Gasteiger partial charge < -0.3 is 10.4 Å². The molecule has 3 nitrogen and oxygen atoms in total. The van der Waals surface area contributed by atoms with Crippen LogP contribution in [0.2, 0.25) is 0 Å². The summed E-state index contributed by atoms with van der Waals surface area (Å²) >= 11 is 3.53. The van der Waals surface area contributed by atoms with Gasteiger partial charge in [0.15, 0.2) is 0 Å². The lowest BCUT2D eigenvalue weighted by Crippen LogP contribution is -2.13. The number of benzene rings is 2. The number of rotatable bonds is 6. The highest BCUT2D eigenvalue weighted by Gasteiger charge is 2.12. The third-order valence-corrected chi connectivity index (χ3v) is 4.23. The number of nitrogens with one attached hydrogen (secondary N) is 1. The van der Waals surface area contributed by atoms with Gasteiger partial charge in [0.25, 0.3) is 0 Å². The van der Waals surface area contributed by atoms with Crippen molar-refractivity contribution in [3.8, 4) is 0 Å². The van der Waals surface area contributed by atoms with E-state index in [0.29, 0.717) is 0 Å². The Hall–Kier alpha value is -1.65. The Bertz CT molecular complexity index is 610.